The van der Waals surface area contributed by atoms with E-state index in [0.717, 1.165) is 17.5 Å². The largest absolute Gasteiger partial charge is 0.373 e. The third kappa shape index (κ3) is 2.50. The molecule has 1 aromatic rings. The highest BCUT2D eigenvalue weighted by atomic mass is 79.9. The van der Waals surface area contributed by atoms with Gasteiger partial charge in [0.05, 0.1) is 6.10 Å². The van der Waals surface area contributed by atoms with E-state index in [9.17, 15) is 0 Å². The van der Waals surface area contributed by atoms with Gasteiger partial charge in [0.15, 0.2) is 0 Å². The number of hydrogen-bond acceptors (Lipinski definition) is 1. The summed E-state index contributed by atoms with van der Waals surface area (Å²) < 4.78 is 6.93. The predicted molar refractivity (Wildman–Crippen MR) is 65.8 cm³/mol. The number of benzene rings is 1. The number of ether oxygens (including phenoxy) is 1. The summed E-state index contributed by atoms with van der Waals surface area (Å²) in [5.74, 6) is 0.458. The fourth-order valence-electron chi connectivity index (χ4n) is 2.04. The Kier molecular flexibility index (Phi) is 3.60. The molecule has 0 spiro atoms. The lowest BCUT2D eigenvalue weighted by molar-refractivity contribution is -0.0124. The monoisotopic (exact) mass is 266 g/mol. The Hall–Kier alpha value is -0.600. The van der Waals surface area contributed by atoms with Crippen LogP contribution in [0, 0.1) is 5.92 Å². The molecular formula is C13H15BrO. The minimum Gasteiger partial charge on any atom is -0.373 e. The van der Waals surface area contributed by atoms with E-state index in [0.29, 0.717) is 5.92 Å². The van der Waals surface area contributed by atoms with Crippen molar-refractivity contribution >= 4 is 15.9 Å². The second kappa shape index (κ2) is 4.95. The molecule has 0 radical (unpaired) electrons. The summed E-state index contributed by atoms with van der Waals surface area (Å²) in [5, 5.41) is 0. The topological polar surface area (TPSA) is 9.23 Å². The molecule has 1 aromatic carbocycles. The van der Waals surface area contributed by atoms with Crippen LogP contribution in [0.25, 0.3) is 0 Å². The van der Waals surface area contributed by atoms with Crippen LogP contribution in [0.1, 0.15) is 24.5 Å². The smallest absolute Gasteiger partial charge is 0.0887 e. The molecule has 1 aliphatic heterocycles. The molecule has 1 fully saturated rings. The molecule has 0 saturated carbocycles. The molecular weight excluding hydrogens is 252 g/mol. The Bertz CT molecular complexity index is 331. The summed E-state index contributed by atoms with van der Waals surface area (Å²) in [5.41, 5.74) is 1.25. The maximum absolute atomic E-state index is 5.82. The second-order valence-corrected chi connectivity index (χ2v) is 4.80. The molecule has 15 heavy (non-hydrogen) atoms. The maximum atomic E-state index is 5.82. The average Bonchev–Trinajstić information content (AvgIpc) is 2.30. The lowest BCUT2D eigenvalue weighted by Gasteiger charge is -2.30. The van der Waals surface area contributed by atoms with E-state index in [4.69, 9.17) is 4.74 Å². The standard InChI is InChI=1S/C13H15BrO/c1-2-10-4-3-9-15-13(10)11-5-7-12(14)8-6-11/h2,5-8,10,13H,1,3-4,9H2/t10-,13+/m0/s1. The number of halogens is 1. The van der Waals surface area contributed by atoms with Crippen LogP contribution in [-0.2, 0) is 4.74 Å². The summed E-state index contributed by atoms with van der Waals surface area (Å²) in [6.07, 6.45) is 4.55. The van der Waals surface area contributed by atoms with Gasteiger partial charge in [0.1, 0.15) is 0 Å². The molecule has 0 amide bonds. The lowest BCUT2D eigenvalue weighted by atomic mass is 9.90. The van der Waals surface area contributed by atoms with Crippen LogP contribution in [0.3, 0.4) is 0 Å². The van der Waals surface area contributed by atoms with Crippen LogP contribution in [-0.4, -0.2) is 6.61 Å². The lowest BCUT2D eigenvalue weighted by Crippen LogP contribution is -2.20. The molecule has 1 saturated heterocycles. The third-order valence-electron chi connectivity index (χ3n) is 2.87. The zero-order valence-corrected chi connectivity index (χ0v) is 10.2. The highest BCUT2D eigenvalue weighted by Gasteiger charge is 2.24. The third-order valence-corrected chi connectivity index (χ3v) is 3.40. The van der Waals surface area contributed by atoms with Gasteiger partial charge in [0.2, 0.25) is 0 Å². The van der Waals surface area contributed by atoms with Crippen LogP contribution < -0.4 is 0 Å². The molecule has 2 atom stereocenters. The zero-order valence-electron chi connectivity index (χ0n) is 8.66. The molecule has 0 aromatic heterocycles. The van der Waals surface area contributed by atoms with E-state index in [1.807, 2.05) is 6.08 Å². The van der Waals surface area contributed by atoms with Crippen molar-refractivity contribution in [1.82, 2.24) is 0 Å². The van der Waals surface area contributed by atoms with Crippen LogP contribution in [0.5, 0.6) is 0 Å². The van der Waals surface area contributed by atoms with Gasteiger partial charge in [-0.1, -0.05) is 34.1 Å². The van der Waals surface area contributed by atoms with Gasteiger partial charge in [0.25, 0.3) is 0 Å². The number of rotatable bonds is 2. The van der Waals surface area contributed by atoms with Crippen molar-refractivity contribution in [2.24, 2.45) is 5.92 Å². The Labute approximate surface area is 99.3 Å². The van der Waals surface area contributed by atoms with Crippen LogP contribution in [0.15, 0.2) is 41.4 Å². The van der Waals surface area contributed by atoms with Gasteiger partial charge in [-0.05, 0) is 30.5 Å². The second-order valence-electron chi connectivity index (χ2n) is 3.88. The van der Waals surface area contributed by atoms with Crippen LogP contribution in [0.4, 0.5) is 0 Å². The SMILES string of the molecule is C=C[C@H]1CCCO[C@H]1c1ccc(Br)cc1. The van der Waals surface area contributed by atoms with Gasteiger partial charge in [-0.25, -0.2) is 0 Å². The first kappa shape index (κ1) is 10.9. The summed E-state index contributed by atoms with van der Waals surface area (Å²) in [4.78, 5) is 0. The zero-order chi connectivity index (χ0) is 10.7. The molecule has 1 nitrogen and oxygen atoms in total. The Morgan fingerprint density at radius 3 is 2.73 bits per heavy atom. The minimum absolute atomic E-state index is 0.198. The highest BCUT2D eigenvalue weighted by Crippen LogP contribution is 2.34. The molecule has 1 heterocycles. The van der Waals surface area contributed by atoms with E-state index in [-0.39, 0.29) is 6.10 Å². The molecule has 0 N–H and O–H groups in total. The van der Waals surface area contributed by atoms with Crippen molar-refractivity contribution in [2.75, 3.05) is 6.61 Å². The molecule has 2 heteroatoms. The van der Waals surface area contributed by atoms with Gasteiger partial charge in [-0.2, -0.15) is 0 Å². The predicted octanol–water partition coefficient (Wildman–Crippen LogP) is 4.10. The van der Waals surface area contributed by atoms with Crippen molar-refractivity contribution < 1.29 is 4.74 Å². The van der Waals surface area contributed by atoms with Gasteiger partial charge < -0.3 is 4.74 Å². The maximum Gasteiger partial charge on any atom is 0.0887 e. The van der Waals surface area contributed by atoms with Gasteiger partial charge in [-0.15, -0.1) is 6.58 Å². The molecule has 2 rings (SSSR count). The Balaban J connectivity index is 2.20. The summed E-state index contributed by atoms with van der Waals surface area (Å²) >= 11 is 3.44. The summed E-state index contributed by atoms with van der Waals surface area (Å²) in [6, 6.07) is 8.37. The van der Waals surface area contributed by atoms with Gasteiger partial charge in [0, 0.05) is 17.0 Å². The quantitative estimate of drug-likeness (QED) is 0.733. The summed E-state index contributed by atoms with van der Waals surface area (Å²) in [6.45, 7) is 4.75. The van der Waals surface area contributed by atoms with Gasteiger partial charge >= 0.3 is 0 Å². The van der Waals surface area contributed by atoms with E-state index in [2.05, 4.69) is 46.8 Å². The van der Waals surface area contributed by atoms with Crippen molar-refractivity contribution in [2.45, 2.75) is 18.9 Å². The number of hydrogen-bond donors (Lipinski definition) is 0. The van der Waals surface area contributed by atoms with E-state index in [1.165, 1.54) is 12.0 Å². The van der Waals surface area contributed by atoms with Crippen molar-refractivity contribution in [3.63, 3.8) is 0 Å². The van der Waals surface area contributed by atoms with Crippen LogP contribution in [0.2, 0.25) is 0 Å². The van der Waals surface area contributed by atoms with E-state index in [1.54, 1.807) is 0 Å². The van der Waals surface area contributed by atoms with E-state index < -0.39 is 0 Å². The van der Waals surface area contributed by atoms with E-state index >= 15 is 0 Å². The summed E-state index contributed by atoms with van der Waals surface area (Å²) in [7, 11) is 0. The fraction of sp³-hybridized carbons (Fsp3) is 0.385. The molecule has 0 aliphatic carbocycles. The normalized spacial score (nSPS) is 26.2. The van der Waals surface area contributed by atoms with Crippen molar-refractivity contribution in [3.05, 3.63) is 47.0 Å². The van der Waals surface area contributed by atoms with Gasteiger partial charge in [-0.3, -0.25) is 0 Å². The molecule has 80 valence electrons. The molecule has 0 unspecified atom stereocenters. The fourth-order valence-corrected chi connectivity index (χ4v) is 2.31. The first-order chi connectivity index (χ1) is 7.31. The average molecular weight is 267 g/mol. The minimum atomic E-state index is 0.198. The Morgan fingerprint density at radius 1 is 1.33 bits per heavy atom. The first-order valence-corrected chi connectivity index (χ1v) is 6.10. The molecule has 0 bridgehead atoms. The van der Waals surface area contributed by atoms with Crippen LogP contribution >= 0.6 is 15.9 Å². The van der Waals surface area contributed by atoms with Crippen molar-refractivity contribution in [1.29, 1.82) is 0 Å². The molecule has 1 aliphatic rings. The van der Waals surface area contributed by atoms with Crippen molar-refractivity contribution in [3.8, 4) is 0 Å². The highest BCUT2D eigenvalue weighted by molar-refractivity contribution is 9.10. The Morgan fingerprint density at radius 2 is 2.07 bits per heavy atom. The first-order valence-electron chi connectivity index (χ1n) is 5.31.